The van der Waals surface area contributed by atoms with E-state index in [1.54, 1.807) is 11.8 Å². The van der Waals surface area contributed by atoms with E-state index in [0.29, 0.717) is 26.1 Å². The first-order chi connectivity index (χ1) is 10.4. The minimum Gasteiger partial charge on any atom is -0.494 e. The molecule has 2 rings (SSSR count). The Balaban J connectivity index is 1.97. The number of ether oxygens (including phenoxy) is 1. The molecule has 1 saturated heterocycles. The van der Waals surface area contributed by atoms with Crippen molar-refractivity contribution in [2.75, 3.05) is 30.3 Å². The van der Waals surface area contributed by atoms with Crippen LogP contribution < -0.4 is 14.4 Å². The normalized spacial score (nSPS) is 18.7. The Kier molecular flexibility index (Phi) is 5.42. The molecular formula is C15H22N2O4S. The third-order valence-electron chi connectivity index (χ3n) is 3.64. The van der Waals surface area contributed by atoms with Crippen LogP contribution in [0.1, 0.15) is 20.3 Å². The molecule has 0 spiro atoms. The smallest absolute Gasteiger partial charge is 0.227 e. The summed E-state index contributed by atoms with van der Waals surface area (Å²) in [5.74, 6) is 0.839. The van der Waals surface area contributed by atoms with Gasteiger partial charge in [0.05, 0.1) is 12.4 Å². The molecule has 1 N–H and O–H groups in total. The highest BCUT2D eigenvalue weighted by atomic mass is 32.2. The van der Waals surface area contributed by atoms with Crippen molar-refractivity contribution in [3.8, 4) is 5.75 Å². The topological polar surface area (TPSA) is 75.7 Å². The van der Waals surface area contributed by atoms with Crippen LogP contribution in [-0.2, 0) is 14.8 Å². The standard InChI is InChI=1S/C15H22N2O4S/c1-3-21-14-7-5-13(6-8-14)17-11-12(9-15(17)18)10-16-22(19,20)4-2/h5-8,12,16H,3-4,9-11H2,1-2H3. The quantitative estimate of drug-likeness (QED) is 0.821. The van der Waals surface area contributed by atoms with Gasteiger partial charge in [-0.05, 0) is 44.0 Å². The second-order valence-electron chi connectivity index (χ2n) is 5.25. The van der Waals surface area contributed by atoms with Crippen LogP contribution in [0.5, 0.6) is 5.75 Å². The van der Waals surface area contributed by atoms with Gasteiger partial charge in [0.25, 0.3) is 0 Å². The van der Waals surface area contributed by atoms with Gasteiger partial charge in [-0.15, -0.1) is 0 Å². The summed E-state index contributed by atoms with van der Waals surface area (Å²) < 4.78 is 30.9. The predicted molar refractivity (Wildman–Crippen MR) is 85.5 cm³/mol. The summed E-state index contributed by atoms with van der Waals surface area (Å²) >= 11 is 0. The molecule has 1 atom stereocenters. The number of rotatable bonds is 7. The van der Waals surface area contributed by atoms with Crippen molar-refractivity contribution in [2.45, 2.75) is 20.3 Å². The van der Waals surface area contributed by atoms with Crippen molar-refractivity contribution in [1.29, 1.82) is 0 Å². The second-order valence-corrected chi connectivity index (χ2v) is 7.35. The zero-order valence-corrected chi connectivity index (χ0v) is 13.7. The van der Waals surface area contributed by atoms with Gasteiger partial charge < -0.3 is 9.64 Å². The number of carbonyl (C=O) groups is 1. The van der Waals surface area contributed by atoms with Crippen molar-refractivity contribution in [3.05, 3.63) is 24.3 Å². The molecule has 0 bridgehead atoms. The fourth-order valence-corrected chi connectivity index (χ4v) is 3.10. The number of hydrogen-bond donors (Lipinski definition) is 1. The first-order valence-electron chi connectivity index (χ1n) is 7.45. The van der Waals surface area contributed by atoms with Crippen molar-refractivity contribution in [3.63, 3.8) is 0 Å². The van der Waals surface area contributed by atoms with E-state index >= 15 is 0 Å². The summed E-state index contributed by atoms with van der Waals surface area (Å²) in [6, 6.07) is 7.36. The van der Waals surface area contributed by atoms with E-state index in [9.17, 15) is 13.2 Å². The van der Waals surface area contributed by atoms with Gasteiger partial charge in [0.1, 0.15) is 5.75 Å². The number of carbonyl (C=O) groups excluding carboxylic acids is 1. The minimum absolute atomic E-state index is 0.000364. The lowest BCUT2D eigenvalue weighted by atomic mass is 10.1. The number of nitrogens with zero attached hydrogens (tertiary/aromatic N) is 1. The molecule has 1 aromatic rings. The van der Waals surface area contributed by atoms with E-state index < -0.39 is 10.0 Å². The van der Waals surface area contributed by atoms with E-state index in [0.717, 1.165) is 11.4 Å². The van der Waals surface area contributed by atoms with Crippen LogP contribution in [-0.4, -0.2) is 39.8 Å². The third kappa shape index (κ3) is 4.20. The molecular weight excluding hydrogens is 304 g/mol. The average Bonchev–Trinajstić information content (AvgIpc) is 2.88. The molecule has 22 heavy (non-hydrogen) atoms. The van der Waals surface area contributed by atoms with Crippen LogP contribution in [0.25, 0.3) is 0 Å². The van der Waals surface area contributed by atoms with Crippen molar-refractivity contribution < 1.29 is 17.9 Å². The van der Waals surface area contributed by atoms with Crippen molar-refractivity contribution >= 4 is 21.6 Å². The highest BCUT2D eigenvalue weighted by Crippen LogP contribution is 2.26. The zero-order valence-electron chi connectivity index (χ0n) is 12.9. The number of nitrogens with one attached hydrogen (secondary N) is 1. The van der Waals surface area contributed by atoms with Crippen LogP contribution in [0.3, 0.4) is 0 Å². The van der Waals surface area contributed by atoms with Gasteiger partial charge in [-0.1, -0.05) is 0 Å². The van der Waals surface area contributed by atoms with Crippen LogP contribution >= 0.6 is 0 Å². The molecule has 1 aromatic carbocycles. The molecule has 1 amide bonds. The number of benzene rings is 1. The molecule has 0 saturated carbocycles. The monoisotopic (exact) mass is 326 g/mol. The molecule has 0 radical (unpaired) electrons. The second kappa shape index (κ2) is 7.11. The van der Waals surface area contributed by atoms with Gasteiger partial charge in [-0.3, -0.25) is 4.79 Å². The number of amides is 1. The summed E-state index contributed by atoms with van der Waals surface area (Å²) in [6.45, 7) is 4.93. The van der Waals surface area contributed by atoms with Crippen LogP contribution in [0.15, 0.2) is 24.3 Å². The number of anilines is 1. The van der Waals surface area contributed by atoms with E-state index in [1.165, 1.54) is 0 Å². The molecule has 1 fully saturated rings. The van der Waals surface area contributed by atoms with E-state index in [4.69, 9.17) is 4.74 Å². The summed E-state index contributed by atoms with van der Waals surface area (Å²) in [5, 5.41) is 0. The molecule has 1 aliphatic rings. The Labute approximate surface area is 131 Å². The lowest BCUT2D eigenvalue weighted by molar-refractivity contribution is -0.117. The largest absolute Gasteiger partial charge is 0.494 e. The first-order valence-corrected chi connectivity index (χ1v) is 9.11. The molecule has 1 aliphatic heterocycles. The summed E-state index contributed by atoms with van der Waals surface area (Å²) in [4.78, 5) is 13.8. The van der Waals surface area contributed by atoms with Gasteiger partial charge in [0, 0.05) is 25.2 Å². The van der Waals surface area contributed by atoms with Gasteiger partial charge >= 0.3 is 0 Å². The fourth-order valence-electron chi connectivity index (χ4n) is 2.40. The Morgan fingerprint density at radius 3 is 2.55 bits per heavy atom. The summed E-state index contributed by atoms with van der Waals surface area (Å²) in [6.07, 6.45) is 0.361. The van der Waals surface area contributed by atoms with Gasteiger partial charge in [0.15, 0.2) is 0 Å². The fraction of sp³-hybridized carbons (Fsp3) is 0.533. The maximum Gasteiger partial charge on any atom is 0.227 e. The lowest BCUT2D eigenvalue weighted by Gasteiger charge is -2.17. The van der Waals surface area contributed by atoms with Crippen LogP contribution in [0.4, 0.5) is 5.69 Å². The summed E-state index contributed by atoms with van der Waals surface area (Å²) in [7, 11) is -3.21. The van der Waals surface area contributed by atoms with Crippen LogP contribution in [0.2, 0.25) is 0 Å². The number of hydrogen-bond acceptors (Lipinski definition) is 4. The molecule has 7 heteroatoms. The highest BCUT2D eigenvalue weighted by Gasteiger charge is 2.31. The maximum atomic E-state index is 12.1. The Bertz CT molecular complexity index is 613. The SMILES string of the molecule is CCOc1ccc(N2CC(CNS(=O)(=O)CC)CC2=O)cc1. The molecule has 1 unspecified atom stereocenters. The average molecular weight is 326 g/mol. The zero-order chi connectivity index (χ0) is 16.2. The summed E-state index contributed by atoms with van der Waals surface area (Å²) in [5.41, 5.74) is 0.814. The highest BCUT2D eigenvalue weighted by molar-refractivity contribution is 7.89. The Hall–Kier alpha value is -1.60. The van der Waals surface area contributed by atoms with Crippen molar-refractivity contribution in [1.82, 2.24) is 4.72 Å². The number of sulfonamides is 1. The van der Waals surface area contributed by atoms with E-state index in [1.807, 2.05) is 31.2 Å². The van der Waals surface area contributed by atoms with Gasteiger partial charge in [0.2, 0.25) is 15.9 Å². The third-order valence-corrected chi connectivity index (χ3v) is 5.00. The predicted octanol–water partition coefficient (Wildman–Crippen LogP) is 1.38. The Morgan fingerprint density at radius 1 is 1.27 bits per heavy atom. The molecule has 0 aliphatic carbocycles. The van der Waals surface area contributed by atoms with Gasteiger partial charge in [-0.25, -0.2) is 13.1 Å². The Morgan fingerprint density at radius 2 is 1.95 bits per heavy atom. The lowest BCUT2D eigenvalue weighted by Crippen LogP contribution is -2.32. The molecule has 6 nitrogen and oxygen atoms in total. The molecule has 1 heterocycles. The molecule has 122 valence electrons. The first kappa shape index (κ1) is 16.8. The van der Waals surface area contributed by atoms with Crippen LogP contribution in [0, 0.1) is 5.92 Å². The minimum atomic E-state index is -3.21. The molecule has 0 aromatic heterocycles. The van der Waals surface area contributed by atoms with Crippen molar-refractivity contribution in [2.24, 2.45) is 5.92 Å². The van der Waals surface area contributed by atoms with E-state index in [2.05, 4.69) is 4.72 Å². The van der Waals surface area contributed by atoms with Gasteiger partial charge in [-0.2, -0.15) is 0 Å². The maximum absolute atomic E-state index is 12.1. The van der Waals surface area contributed by atoms with E-state index in [-0.39, 0.29) is 17.6 Å².